The highest BCUT2D eigenvalue weighted by atomic mass is 35.5. The maximum Gasteiger partial charge on any atom is 0.240 e. The van der Waals surface area contributed by atoms with Gasteiger partial charge in [-0.1, -0.05) is 16.8 Å². The van der Waals surface area contributed by atoms with Gasteiger partial charge in [0.15, 0.2) is 0 Å². The van der Waals surface area contributed by atoms with Gasteiger partial charge in [-0.25, -0.2) is 8.78 Å². The number of nitrogens with zero attached hydrogens (tertiary/aromatic N) is 2. The van der Waals surface area contributed by atoms with Gasteiger partial charge in [0.2, 0.25) is 11.7 Å². The summed E-state index contributed by atoms with van der Waals surface area (Å²) in [6.07, 6.45) is 0. The van der Waals surface area contributed by atoms with Crippen LogP contribution in [-0.4, -0.2) is 10.1 Å². The van der Waals surface area contributed by atoms with E-state index in [0.717, 1.165) is 12.1 Å². The van der Waals surface area contributed by atoms with E-state index < -0.39 is 11.6 Å². The van der Waals surface area contributed by atoms with Gasteiger partial charge in [0.05, 0.1) is 12.1 Å². The summed E-state index contributed by atoms with van der Waals surface area (Å²) >= 11 is 5.48. The Morgan fingerprint density at radius 3 is 2.44 bits per heavy atom. The van der Waals surface area contributed by atoms with Gasteiger partial charge in [-0.15, -0.1) is 0 Å². The Kier molecular flexibility index (Phi) is 2.84. The van der Waals surface area contributed by atoms with Gasteiger partial charge >= 0.3 is 0 Å². The molecule has 0 spiro atoms. The van der Waals surface area contributed by atoms with Gasteiger partial charge in [0.25, 0.3) is 0 Å². The van der Waals surface area contributed by atoms with E-state index in [4.69, 9.17) is 17.3 Å². The molecule has 0 aliphatic heterocycles. The van der Waals surface area contributed by atoms with Crippen molar-refractivity contribution in [3.8, 4) is 11.4 Å². The molecular formula is C9H6ClF2N3O. The molecular weight excluding hydrogens is 240 g/mol. The smallest absolute Gasteiger partial charge is 0.240 e. The highest BCUT2D eigenvalue weighted by molar-refractivity contribution is 6.30. The average Bonchev–Trinajstić information content (AvgIpc) is 2.64. The van der Waals surface area contributed by atoms with E-state index in [1.807, 2.05) is 0 Å². The largest absolute Gasteiger partial charge is 0.338 e. The Hall–Kier alpha value is -1.53. The summed E-state index contributed by atoms with van der Waals surface area (Å²) in [6.45, 7) is 0.00380. The quantitative estimate of drug-likeness (QED) is 0.880. The summed E-state index contributed by atoms with van der Waals surface area (Å²) in [5, 5.41) is 3.38. The van der Waals surface area contributed by atoms with Crippen molar-refractivity contribution < 1.29 is 13.3 Å². The monoisotopic (exact) mass is 245 g/mol. The Labute approximate surface area is 94.0 Å². The van der Waals surface area contributed by atoms with Gasteiger partial charge < -0.3 is 10.3 Å². The lowest BCUT2D eigenvalue weighted by Gasteiger charge is -2.00. The summed E-state index contributed by atoms with van der Waals surface area (Å²) in [4.78, 5) is 3.72. The minimum absolute atomic E-state index is 0.00380. The first kappa shape index (κ1) is 11.0. The Morgan fingerprint density at radius 1 is 1.31 bits per heavy atom. The first-order valence-corrected chi connectivity index (χ1v) is 4.67. The highest BCUT2D eigenvalue weighted by Gasteiger charge is 2.18. The molecule has 7 heteroatoms. The van der Waals surface area contributed by atoms with Crippen LogP contribution in [0.3, 0.4) is 0 Å². The molecule has 84 valence electrons. The van der Waals surface area contributed by atoms with E-state index in [9.17, 15) is 8.78 Å². The van der Waals surface area contributed by atoms with Crippen molar-refractivity contribution in [3.63, 3.8) is 0 Å². The summed E-state index contributed by atoms with van der Waals surface area (Å²) < 4.78 is 31.5. The standard InChI is InChI=1S/C9H6ClF2N3O/c10-4-1-5(11)8(6(12)2-4)9-14-7(3-13)16-15-9/h1-2H,3,13H2. The molecule has 0 fully saturated rings. The van der Waals surface area contributed by atoms with Crippen molar-refractivity contribution >= 4 is 11.6 Å². The zero-order valence-corrected chi connectivity index (χ0v) is 8.63. The van der Waals surface area contributed by atoms with Crippen LogP contribution in [0.25, 0.3) is 11.4 Å². The molecule has 0 atom stereocenters. The first-order valence-electron chi connectivity index (χ1n) is 4.29. The third kappa shape index (κ3) is 1.89. The molecule has 0 aliphatic carbocycles. The fourth-order valence-electron chi connectivity index (χ4n) is 1.20. The second-order valence-electron chi connectivity index (χ2n) is 2.96. The van der Waals surface area contributed by atoms with E-state index in [1.165, 1.54) is 0 Å². The third-order valence-corrected chi connectivity index (χ3v) is 2.09. The van der Waals surface area contributed by atoms with Crippen molar-refractivity contribution in [2.75, 3.05) is 0 Å². The van der Waals surface area contributed by atoms with Crippen LogP contribution in [0.5, 0.6) is 0 Å². The minimum Gasteiger partial charge on any atom is -0.338 e. The van der Waals surface area contributed by atoms with Gasteiger partial charge in [0.1, 0.15) is 11.6 Å². The Morgan fingerprint density at radius 2 is 1.94 bits per heavy atom. The number of halogens is 3. The van der Waals surface area contributed by atoms with Crippen LogP contribution < -0.4 is 5.73 Å². The van der Waals surface area contributed by atoms with Crippen LogP contribution in [0, 0.1) is 11.6 Å². The van der Waals surface area contributed by atoms with E-state index in [-0.39, 0.29) is 28.8 Å². The molecule has 1 aromatic heterocycles. The van der Waals surface area contributed by atoms with Crippen molar-refractivity contribution in [3.05, 3.63) is 34.7 Å². The SMILES string of the molecule is NCc1nc(-c2c(F)cc(Cl)cc2F)no1. The maximum atomic E-state index is 13.4. The highest BCUT2D eigenvalue weighted by Crippen LogP contribution is 2.26. The molecule has 2 aromatic rings. The number of rotatable bonds is 2. The molecule has 2 rings (SSSR count). The summed E-state index contributed by atoms with van der Waals surface area (Å²) in [7, 11) is 0. The van der Waals surface area contributed by atoms with Crippen LogP contribution in [0.2, 0.25) is 5.02 Å². The van der Waals surface area contributed by atoms with Crippen molar-refractivity contribution in [1.29, 1.82) is 0 Å². The molecule has 0 saturated carbocycles. The molecule has 1 heterocycles. The van der Waals surface area contributed by atoms with Crippen molar-refractivity contribution in [2.45, 2.75) is 6.54 Å². The predicted molar refractivity (Wildman–Crippen MR) is 52.6 cm³/mol. The lowest BCUT2D eigenvalue weighted by Crippen LogP contribution is -1.96. The zero-order valence-electron chi connectivity index (χ0n) is 7.88. The zero-order chi connectivity index (χ0) is 11.7. The normalized spacial score (nSPS) is 10.8. The Bertz CT molecular complexity index is 506. The first-order chi connectivity index (χ1) is 7.61. The lowest BCUT2D eigenvalue weighted by atomic mass is 10.2. The van der Waals surface area contributed by atoms with E-state index in [1.54, 1.807) is 0 Å². The molecule has 0 aliphatic rings. The number of nitrogens with two attached hydrogens (primary N) is 1. The fraction of sp³-hybridized carbons (Fsp3) is 0.111. The topological polar surface area (TPSA) is 64.9 Å². The predicted octanol–water partition coefficient (Wildman–Crippen LogP) is 2.13. The van der Waals surface area contributed by atoms with Crippen molar-refractivity contribution in [1.82, 2.24) is 10.1 Å². The van der Waals surface area contributed by atoms with Gasteiger partial charge in [-0.05, 0) is 12.1 Å². The van der Waals surface area contributed by atoms with E-state index in [2.05, 4.69) is 14.7 Å². The molecule has 0 radical (unpaired) electrons. The third-order valence-electron chi connectivity index (χ3n) is 1.87. The molecule has 0 bridgehead atoms. The minimum atomic E-state index is -0.852. The molecule has 4 nitrogen and oxygen atoms in total. The van der Waals surface area contributed by atoms with Crippen LogP contribution in [0.4, 0.5) is 8.78 Å². The summed E-state index contributed by atoms with van der Waals surface area (Å²) in [5.74, 6) is -1.79. The van der Waals surface area contributed by atoms with Crippen LogP contribution in [0.1, 0.15) is 5.89 Å². The summed E-state index contributed by atoms with van der Waals surface area (Å²) in [5.41, 5.74) is 4.85. The van der Waals surface area contributed by atoms with Crippen LogP contribution in [-0.2, 0) is 6.54 Å². The summed E-state index contributed by atoms with van der Waals surface area (Å²) in [6, 6.07) is 1.94. The van der Waals surface area contributed by atoms with Gasteiger partial charge in [-0.2, -0.15) is 4.98 Å². The van der Waals surface area contributed by atoms with Gasteiger partial charge in [0, 0.05) is 5.02 Å². The molecule has 0 saturated heterocycles. The second-order valence-corrected chi connectivity index (χ2v) is 3.40. The number of aromatic nitrogens is 2. The molecule has 0 unspecified atom stereocenters. The molecule has 2 N–H and O–H groups in total. The van der Waals surface area contributed by atoms with E-state index >= 15 is 0 Å². The molecule has 0 amide bonds. The van der Waals surface area contributed by atoms with Crippen molar-refractivity contribution in [2.24, 2.45) is 5.73 Å². The number of hydrogen-bond acceptors (Lipinski definition) is 4. The number of benzene rings is 1. The average molecular weight is 246 g/mol. The van der Waals surface area contributed by atoms with Crippen LogP contribution in [0.15, 0.2) is 16.7 Å². The second kappa shape index (κ2) is 4.15. The van der Waals surface area contributed by atoms with E-state index in [0.29, 0.717) is 0 Å². The van der Waals surface area contributed by atoms with Gasteiger partial charge in [-0.3, -0.25) is 0 Å². The molecule has 1 aromatic carbocycles. The number of hydrogen-bond donors (Lipinski definition) is 1. The fourth-order valence-corrected chi connectivity index (χ4v) is 1.39. The lowest BCUT2D eigenvalue weighted by molar-refractivity contribution is 0.380. The maximum absolute atomic E-state index is 13.4. The van der Waals surface area contributed by atoms with Crippen LogP contribution >= 0.6 is 11.6 Å². The Balaban J connectivity index is 2.55. The molecule has 16 heavy (non-hydrogen) atoms.